The molecule has 1 heterocycles. The number of nitrogens with zero attached hydrogens (tertiary/aromatic N) is 2. The molecule has 0 radical (unpaired) electrons. The zero-order chi connectivity index (χ0) is 17.6. The van der Waals surface area contributed by atoms with Crippen LogP contribution in [-0.2, 0) is 6.54 Å². The molecule has 0 aliphatic carbocycles. The SMILES string of the molecule is Cc1ccc(NC(=O)c2cc(N(C)Cc3ccccc3)ccn2)cc1. The van der Waals surface area contributed by atoms with E-state index in [9.17, 15) is 4.79 Å². The number of aromatic nitrogens is 1. The molecule has 2 aromatic carbocycles. The topological polar surface area (TPSA) is 45.2 Å². The second kappa shape index (κ2) is 7.62. The Morgan fingerprint density at radius 2 is 1.76 bits per heavy atom. The predicted molar refractivity (Wildman–Crippen MR) is 102 cm³/mol. The first-order chi connectivity index (χ1) is 12.1. The van der Waals surface area contributed by atoms with Gasteiger partial charge in [-0.2, -0.15) is 0 Å². The van der Waals surface area contributed by atoms with Crippen LogP contribution < -0.4 is 10.2 Å². The minimum atomic E-state index is -0.209. The first kappa shape index (κ1) is 16.7. The molecule has 0 aliphatic rings. The van der Waals surface area contributed by atoms with Crippen molar-refractivity contribution >= 4 is 17.3 Å². The van der Waals surface area contributed by atoms with Crippen molar-refractivity contribution in [3.63, 3.8) is 0 Å². The van der Waals surface area contributed by atoms with Crippen LogP contribution >= 0.6 is 0 Å². The number of hydrogen-bond acceptors (Lipinski definition) is 3. The summed E-state index contributed by atoms with van der Waals surface area (Å²) in [5.74, 6) is -0.209. The zero-order valence-corrected chi connectivity index (χ0v) is 14.4. The van der Waals surface area contributed by atoms with Crippen molar-refractivity contribution in [2.45, 2.75) is 13.5 Å². The molecule has 0 unspecified atom stereocenters. The number of rotatable bonds is 5. The average molecular weight is 331 g/mol. The molecule has 0 atom stereocenters. The van der Waals surface area contributed by atoms with Crippen LogP contribution in [0.15, 0.2) is 72.9 Å². The first-order valence-electron chi connectivity index (χ1n) is 8.21. The monoisotopic (exact) mass is 331 g/mol. The van der Waals surface area contributed by atoms with E-state index in [-0.39, 0.29) is 5.91 Å². The largest absolute Gasteiger partial charge is 0.370 e. The van der Waals surface area contributed by atoms with Gasteiger partial charge in [0.15, 0.2) is 0 Å². The molecule has 1 aromatic heterocycles. The van der Waals surface area contributed by atoms with Gasteiger partial charge in [0.2, 0.25) is 0 Å². The van der Waals surface area contributed by atoms with Gasteiger partial charge in [-0.25, -0.2) is 0 Å². The van der Waals surface area contributed by atoms with Crippen molar-refractivity contribution in [2.24, 2.45) is 0 Å². The average Bonchev–Trinajstić information content (AvgIpc) is 2.64. The highest BCUT2D eigenvalue weighted by atomic mass is 16.1. The third kappa shape index (κ3) is 4.44. The number of benzene rings is 2. The van der Waals surface area contributed by atoms with Crippen LogP contribution in [0.1, 0.15) is 21.6 Å². The second-order valence-corrected chi connectivity index (χ2v) is 6.06. The Bertz CT molecular complexity index is 845. The molecule has 1 N–H and O–H groups in total. The Morgan fingerprint density at radius 1 is 1.04 bits per heavy atom. The quantitative estimate of drug-likeness (QED) is 0.759. The Hall–Kier alpha value is -3.14. The molecule has 0 aliphatic heterocycles. The van der Waals surface area contributed by atoms with E-state index in [1.807, 2.05) is 68.6 Å². The second-order valence-electron chi connectivity index (χ2n) is 6.06. The molecular formula is C21H21N3O. The van der Waals surface area contributed by atoms with Crippen LogP contribution in [0.5, 0.6) is 0 Å². The Labute approximate surface area is 148 Å². The summed E-state index contributed by atoms with van der Waals surface area (Å²) in [5.41, 5.74) is 4.49. The molecule has 1 amide bonds. The third-order valence-corrected chi connectivity index (χ3v) is 3.99. The number of anilines is 2. The first-order valence-corrected chi connectivity index (χ1v) is 8.21. The van der Waals surface area contributed by atoms with Gasteiger partial charge in [-0.05, 0) is 36.8 Å². The summed E-state index contributed by atoms with van der Waals surface area (Å²) in [6, 6.07) is 21.6. The standard InChI is InChI=1S/C21H21N3O/c1-16-8-10-18(11-9-16)23-21(25)20-14-19(12-13-22-20)24(2)15-17-6-4-3-5-7-17/h3-14H,15H2,1-2H3,(H,23,25). The molecule has 126 valence electrons. The van der Waals surface area contributed by atoms with Crippen molar-refractivity contribution < 1.29 is 4.79 Å². The van der Waals surface area contributed by atoms with Crippen LogP contribution in [0.25, 0.3) is 0 Å². The minimum Gasteiger partial charge on any atom is -0.370 e. The lowest BCUT2D eigenvalue weighted by Crippen LogP contribution is -2.18. The lowest BCUT2D eigenvalue weighted by molar-refractivity contribution is 0.102. The van der Waals surface area contributed by atoms with Gasteiger partial charge in [0, 0.05) is 31.2 Å². The molecule has 3 rings (SSSR count). The molecule has 0 saturated carbocycles. The number of carbonyl (C=O) groups is 1. The number of carbonyl (C=O) groups excluding carboxylic acids is 1. The van der Waals surface area contributed by atoms with Crippen molar-refractivity contribution in [2.75, 3.05) is 17.3 Å². The van der Waals surface area contributed by atoms with Gasteiger partial charge in [-0.3, -0.25) is 9.78 Å². The number of aryl methyl sites for hydroxylation is 1. The van der Waals surface area contributed by atoms with Crippen LogP contribution in [0.3, 0.4) is 0 Å². The molecule has 4 heteroatoms. The highest BCUT2D eigenvalue weighted by Gasteiger charge is 2.10. The summed E-state index contributed by atoms with van der Waals surface area (Å²) in [6.07, 6.45) is 1.67. The van der Waals surface area contributed by atoms with Gasteiger partial charge in [-0.1, -0.05) is 48.0 Å². The van der Waals surface area contributed by atoms with Crippen LogP contribution in [0.2, 0.25) is 0 Å². The number of hydrogen-bond donors (Lipinski definition) is 1. The molecule has 0 saturated heterocycles. The fourth-order valence-corrected chi connectivity index (χ4v) is 2.56. The maximum Gasteiger partial charge on any atom is 0.274 e. The summed E-state index contributed by atoms with van der Waals surface area (Å²) in [5, 5.41) is 2.88. The molecular weight excluding hydrogens is 310 g/mol. The van der Waals surface area contributed by atoms with Crippen molar-refractivity contribution in [3.8, 4) is 0 Å². The number of amides is 1. The Morgan fingerprint density at radius 3 is 2.48 bits per heavy atom. The Kier molecular flexibility index (Phi) is 5.09. The van der Waals surface area contributed by atoms with E-state index >= 15 is 0 Å². The van der Waals surface area contributed by atoms with Crippen LogP contribution in [-0.4, -0.2) is 17.9 Å². The van der Waals surface area contributed by atoms with E-state index in [1.54, 1.807) is 6.20 Å². The fourth-order valence-electron chi connectivity index (χ4n) is 2.56. The fraction of sp³-hybridized carbons (Fsp3) is 0.143. The Balaban J connectivity index is 1.72. The van der Waals surface area contributed by atoms with E-state index in [0.717, 1.165) is 23.5 Å². The smallest absolute Gasteiger partial charge is 0.274 e. The van der Waals surface area contributed by atoms with E-state index in [0.29, 0.717) is 5.69 Å². The number of pyridine rings is 1. The molecule has 0 bridgehead atoms. The van der Waals surface area contributed by atoms with E-state index < -0.39 is 0 Å². The molecule has 25 heavy (non-hydrogen) atoms. The maximum atomic E-state index is 12.4. The van der Waals surface area contributed by atoms with E-state index in [1.165, 1.54) is 5.56 Å². The van der Waals surface area contributed by atoms with Crippen LogP contribution in [0.4, 0.5) is 11.4 Å². The van der Waals surface area contributed by atoms with Gasteiger partial charge in [0.05, 0.1) is 0 Å². The summed E-state index contributed by atoms with van der Waals surface area (Å²) in [6.45, 7) is 2.78. The van der Waals surface area contributed by atoms with E-state index in [2.05, 4.69) is 27.3 Å². The van der Waals surface area contributed by atoms with Gasteiger partial charge in [0.1, 0.15) is 5.69 Å². The lowest BCUT2D eigenvalue weighted by Gasteiger charge is -2.19. The summed E-state index contributed by atoms with van der Waals surface area (Å²) in [4.78, 5) is 18.7. The summed E-state index contributed by atoms with van der Waals surface area (Å²) >= 11 is 0. The third-order valence-electron chi connectivity index (χ3n) is 3.99. The zero-order valence-electron chi connectivity index (χ0n) is 14.4. The predicted octanol–water partition coefficient (Wildman–Crippen LogP) is 4.28. The van der Waals surface area contributed by atoms with Crippen LogP contribution in [0, 0.1) is 6.92 Å². The molecule has 3 aromatic rings. The highest BCUT2D eigenvalue weighted by molar-refractivity contribution is 6.03. The van der Waals surface area contributed by atoms with Gasteiger partial charge in [-0.15, -0.1) is 0 Å². The lowest BCUT2D eigenvalue weighted by atomic mass is 10.2. The van der Waals surface area contributed by atoms with Gasteiger partial charge >= 0.3 is 0 Å². The summed E-state index contributed by atoms with van der Waals surface area (Å²) < 4.78 is 0. The van der Waals surface area contributed by atoms with Crippen molar-refractivity contribution in [1.82, 2.24) is 4.98 Å². The molecule has 4 nitrogen and oxygen atoms in total. The van der Waals surface area contributed by atoms with Crippen molar-refractivity contribution in [1.29, 1.82) is 0 Å². The molecule has 0 fully saturated rings. The van der Waals surface area contributed by atoms with Gasteiger partial charge < -0.3 is 10.2 Å². The minimum absolute atomic E-state index is 0.209. The highest BCUT2D eigenvalue weighted by Crippen LogP contribution is 2.17. The van der Waals surface area contributed by atoms with Gasteiger partial charge in [0.25, 0.3) is 5.91 Å². The number of nitrogens with one attached hydrogen (secondary N) is 1. The summed E-state index contributed by atoms with van der Waals surface area (Å²) in [7, 11) is 2.00. The van der Waals surface area contributed by atoms with E-state index in [4.69, 9.17) is 0 Å². The maximum absolute atomic E-state index is 12.4. The van der Waals surface area contributed by atoms with Crippen molar-refractivity contribution in [3.05, 3.63) is 89.7 Å². The normalized spacial score (nSPS) is 10.3. The molecule has 0 spiro atoms.